The van der Waals surface area contributed by atoms with Gasteiger partial charge in [-0.25, -0.2) is 4.98 Å². The number of likely N-dealkylation sites (N-methyl/N-ethyl adjacent to an activating group) is 1. The van der Waals surface area contributed by atoms with Crippen LogP contribution in [0.15, 0.2) is 12.4 Å². The van der Waals surface area contributed by atoms with E-state index in [9.17, 15) is 0 Å². The van der Waals surface area contributed by atoms with Crippen LogP contribution in [0.2, 0.25) is 0 Å². The molecule has 0 spiro atoms. The molecular formula is C18H35N3. The lowest BCUT2D eigenvalue weighted by Crippen LogP contribution is -2.28. The molecule has 1 atom stereocenters. The van der Waals surface area contributed by atoms with Gasteiger partial charge in [0, 0.05) is 31.9 Å². The summed E-state index contributed by atoms with van der Waals surface area (Å²) in [4.78, 5) is 4.42. The van der Waals surface area contributed by atoms with Gasteiger partial charge >= 0.3 is 0 Å². The summed E-state index contributed by atoms with van der Waals surface area (Å²) >= 11 is 0. The van der Waals surface area contributed by atoms with Gasteiger partial charge in [0.25, 0.3) is 0 Å². The molecule has 0 amide bonds. The minimum Gasteiger partial charge on any atom is -0.338 e. The average Bonchev–Trinajstić information content (AvgIpc) is 2.89. The van der Waals surface area contributed by atoms with Crippen LogP contribution < -0.4 is 5.32 Å². The molecule has 0 aliphatic heterocycles. The number of hydrogen-bond donors (Lipinski definition) is 1. The number of imidazole rings is 1. The fourth-order valence-corrected chi connectivity index (χ4v) is 2.86. The van der Waals surface area contributed by atoms with Gasteiger partial charge in [-0.2, -0.15) is 0 Å². The SMILES string of the molecule is CCCCCCCCCCCC(Cc1nccn1C)NC. The van der Waals surface area contributed by atoms with Gasteiger partial charge in [0.15, 0.2) is 0 Å². The first-order valence-corrected chi connectivity index (χ1v) is 8.91. The highest BCUT2D eigenvalue weighted by atomic mass is 15.0. The fraction of sp³-hybridized carbons (Fsp3) is 0.833. The van der Waals surface area contributed by atoms with E-state index in [1.165, 1.54) is 70.0 Å². The molecule has 1 heterocycles. The highest BCUT2D eigenvalue weighted by Crippen LogP contribution is 2.12. The van der Waals surface area contributed by atoms with Gasteiger partial charge in [-0.15, -0.1) is 0 Å². The number of hydrogen-bond acceptors (Lipinski definition) is 2. The third-order valence-corrected chi connectivity index (χ3v) is 4.41. The number of nitrogens with zero attached hydrogens (tertiary/aromatic N) is 2. The van der Waals surface area contributed by atoms with Crippen LogP contribution in [0, 0.1) is 0 Å². The van der Waals surface area contributed by atoms with Crippen LogP contribution in [-0.4, -0.2) is 22.6 Å². The highest BCUT2D eigenvalue weighted by molar-refractivity contribution is 4.94. The smallest absolute Gasteiger partial charge is 0.109 e. The van der Waals surface area contributed by atoms with Gasteiger partial charge in [0.2, 0.25) is 0 Å². The summed E-state index contributed by atoms with van der Waals surface area (Å²) in [6.07, 6.45) is 18.8. The summed E-state index contributed by atoms with van der Waals surface area (Å²) in [5, 5.41) is 3.44. The van der Waals surface area contributed by atoms with Crippen LogP contribution in [0.1, 0.15) is 77.0 Å². The Morgan fingerprint density at radius 1 is 1.05 bits per heavy atom. The first kappa shape index (κ1) is 18.2. The zero-order valence-corrected chi connectivity index (χ0v) is 14.4. The third kappa shape index (κ3) is 8.25. The standard InChI is InChI=1S/C18H35N3/c1-4-5-6-7-8-9-10-11-12-13-17(19-2)16-18-20-14-15-21(18)3/h14-15,17,19H,4-13,16H2,1-3H3. The van der Waals surface area contributed by atoms with E-state index in [0.29, 0.717) is 6.04 Å². The molecule has 0 aromatic carbocycles. The van der Waals surface area contributed by atoms with Crippen LogP contribution in [-0.2, 0) is 13.5 Å². The number of rotatable bonds is 13. The molecule has 122 valence electrons. The van der Waals surface area contributed by atoms with Crippen LogP contribution in [0.25, 0.3) is 0 Å². The molecule has 0 fully saturated rings. The first-order valence-electron chi connectivity index (χ1n) is 8.91. The Balaban J connectivity index is 2.01. The average molecular weight is 293 g/mol. The van der Waals surface area contributed by atoms with Crippen molar-refractivity contribution >= 4 is 0 Å². The first-order chi connectivity index (χ1) is 10.3. The topological polar surface area (TPSA) is 29.9 Å². The fourth-order valence-electron chi connectivity index (χ4n) is 2.86. The van der Waals surface area contributed by atoms with Gasteiger partial charge in [0.1, 0.15) is 5.82 Å². The molecule has 0 radical (unpaired) electrons. The molecule has 1 aromatic heterocycles. The van der Waals surface area contributed by atoms with Crippen molar-refractivity contribution in [1.82, 2.24) is 14.9 Å². The normalized spacial score (nSPS) is 12.7. The van der Waals surface area contributed by atoms with E-state index in [0.717, 1.165) is 6.42 Å². The summed E-state index contributed by atoms with van der Waals surface area (Å²) < 4.78 is 2.13. The minimum atomic E-state index is 0.565. The maximum atomic E-state index is 4.42. The second-order valence-electron chi connectivity index (χ2n) is 6.26. The third-order valence-electron chi connectivity index (χ3n) is 4.41. The number of nitrogens with one attached hydrogen (secondary N) is 1. The van der Waals surface area contributed by atoms with Gasteiger partial charge in [-0.05, 0) is 13.5 Å². The van der Waals surface area contributed by atoms with Crippen molar-refractivity contribution in [2.75, 3.05) is 7.05 Å². The van der Waals surface area contributed by atoms with Gasteiger partial charge in [-0.3, -0.25) is 0 Å². The van der Waals surface area contributed by atoms with Gasteiger partial charge in [-0.1, -0.05) is 64.7 Å². The Morgan fingerprint density at radius 3 is 2.19 bits per heavy atom. The molecule has 0 aliphatic rings. The summed E-state index contributed by atoms with van der Waals surface area (Å²) in [5.74, 6) is 1.19. The van der Waals surface area contributed by atoms with Crippen molar-refractivity contribution in [2.45, 2.75) is 83.6 Å². The zero-order chi connectivity index (χ0) is 15.3. The number of aryl methyl sites for hydroxylation is 1. The molecule has 0 saturated heterocycles. The van der Waals surface area contributed by atoms with Crippen molar-refractivity contribution in [1.29, 1.82) is 0 Å². The Hall–Kier alpha value is -0.830. The maximum absolute atomic E-state index is 4.42. The second-order valence-corrected chi connectivity index (χ2v) is 6.26. The number of aromatic nitrogens is 2. The summed E-state index contributed by atoms with van der Waals surface area (Å²) in [6.45, 7) is 2.28. The quantitative estimate of drug-likeness (QED) is 0.544. The lowest BCUT2D eigenvalue weighted by atomic mass is 10.0. The van der Waals surface area contributed by atoms with E-state index < -0.39 is 0 Å². The molecule has 0 bridgehead atoms. The molecular weight excluding hydrogens is 258 g/mol. The minimum absolute atomic E-state index is 0.565. The Labute approximate surface area is 131 Å². The van der Waals surface area contributed by atoms with Crippen LogP contribution in [0.5, 0.6) is 0 Å². The molecule has 1 aromatic rings. The van der Waals surface area contributed by atoms with Crippen LogP contribution in [0.3, 0.4) is 0 Å². The van der Waals surface area contributed by atoms with E-state index >= 15 is 0 Å². The Kier molecular flexibility index (Phi) is 10.2. The van der Waals surface area contributed by atoms with E-state index in [1.807, 2.05) is 12.4 Å². The Bertz CT molecular complexity index is 346. The molecule has 1 unspecified atom stereocenters. The summed E-state index contributed by atoms with van der Waals surface area (Å²) in [7, 11) is 4.15. The Morgan fingerprint density at radius 2 is 1.67 bits per heavy atom. The predicted octanol–water partition coefficient (Wildman–Crippen LogP) is 4.47. The van der Waals surface area contributed by atoms with Crippen molar-refractivity contribution in [2.24, 2.45) is 7.05 Å². The van der Waals surface area contributed by atoms with E-state index in [2.05, 4.69) is 35.9 Å². The van der Waals surface area contributed by atoms with Crippen molar-refractivity contribution in [3.8, 4) is 0 Å². The molecule has 0 aliphatic carbocycles. The van der Waals surface area contributed by atoms with Gasteiger partial charge in [0.05, 0.1) is 0 Å². The molecule has 21 heavy (non-hydrogen) atoms. The van der Waals surface area contributed by atoms with Gasteiger partial charge < -0.3 is 9.88 Å². The van der Waals surface area contributed by atoms with Crippen LogP contribution in [0.4, 0.5) is 0 Å². The molecule has 3 nitrogen and oxygen atoms in total. The lowest BCUT2D eigenvalue weighted by molar-refractivity contribution is 0.466. The number of unbranched alkanes of at least 4 members (excludes halogenated alkanes) is 8. The summed E-state index contributed by atoms with van der Waals surface area (Å²) in [6, 6.07) is 0.565. The second kappa shape index (κ2) is 11.8. The van der Waals surface area contributed by atoms with E-state index in [1.54, 1.807) is 0 Å². The molecule has 0 saturated carbocycles. The highest BCUT2D eigenvalue weighted by Gasteiger charge is 2.09. The van der Waals surface area contributed by atoms with Crippen molar-refractivity contribution < 1.29 is 0 Å². The molecule has 3 heteroatoms. The van der Waals surface area contributed by atoms with Crippen molar-refractivity contribution in [3.63, 3.8) is 0 Å². The zero-order valence-electron chi connectivity index (χ0n) is 14.4. The summed E-state index contributed by atoms with van der Waals surface area (Å²) in [5.41, 5.74) is 0. The van der Waals surface area contributed by atoms with Crippen molar-refractivity contribution in [3.05, 3.63) is 18.2 Å². The molecule has 1 rings (SSSR count). The monoisotopic (exact) mass is 293 g/mol. The maximum Gasteiger partial charge on any atom is 0.109 e. The lowest BCUT2D eigenvalue weighted by Gasteiger charge is -2.15. The predicted molar refractivity (Wildman–Crippen MR) is 91.6 cm³/mol. The largest absolute Gasteiger partial charge is 0.338 e. The van der Waals surface area contributed by atoms with Crippen LogP contribution >= 0.6 is 0 Å². The van der Waals surface area contributed by atoms with E-state index in [-0.39, 0.29) is 0 Å². The van der Waals surface area contributed by atoms with E-state index in [4.69, 9.17) is 0 Å². The molecule has 1 N–H and O–H groups in total.